The number of hydrogen-bond acceptors (Lipinski definition) is 0. The molecule has 0 saturated carbocycles. The van der Waals surface area contributed by atoms with E-state index >= 15 is 0 Å². The third-order valence-electron chi connectivity index (χ3n) is 0. The van der Waals surface area contributed by atoms with E-state index in [9.17, 15) is 17.6 Å². The highest BCUT2D eigenvalue weighted by atomic mass is 35.5. The molecule has 0 atom stereocenters. The Morgan fingerprint density at radius 1 is 1.14 bits per heavy atom. The molecule has 0 rings (SSSR count). The molecule has 0 N–H and O–H groups in total. The third kappa shape index (κ3) is 966000. The van der Waals surface area contributed by atoms with Gasteiger partial charge in [0.25, 0.3) is 0 Å². The largest absolute Gasteiger partial charge is 0.475 e. The predicted octanol–water partition coefficient (Wildman–Crippen LogP) is 2.33. The average molecular weight is 138 g/mol. The highest BCUT2D eigenvalue weighted by molar-refractivity contribution is 6.20. The molecule has 7 heavy (non-hydrogen) atoms. The van der Waals surface area contributed by atoms with Gasteiger partial charge in [0, 0.05) is 0 Å². The fourth-order valence-corrected chi connectivity index (χ4v) is 0. The molecular formula is C2H3ClF4. The van der Waals surface area contributed by atoms with Gasteiger partial charge in [-0.2, -0.15) is 13.2 Å². The lowest BCUT2D eigenvalue weighted by atomic mass is 11.6. The van der Waals surface area contributed by atoms with E-state index < -0.39 is 5.64 Å². The van der Waals surface area contributed by atoms with Gasteiger partial charge in [-0.25, -0.2) is 0 Å². The number of alkyl halides is 5. The number of rotatable bonds is 0. The van der Waals surface area contributed by atoms with Crippen LogP contribution >= 0.6 is 11.6 Å². The Kier molecular flexibility index (Phi) is 6.02. The van der Waals surface area contributed by atoms with Crippen molar-refractivity contribution >= 4 is 11.6 Å². The highest BCUT2D eigenvalue weighted by Crippen LogP contribution is 2.18. The molecule has 0 amide bonds. The number of halogens is 5. The fraction of sp³-hybridized carbons (Fsp3) is 1.00. The van der Waals surface area contributed by atoms with Crippen molar-refractivity contribution in [2.75, 3.05) is 7.18 Å². The molecule has 0 aromatic carbocycles. The Balaban J connectivity index is 0. The van der Waals surface area contributed by atoms with Crippen LogP contribution in [-0.2, 0) is 0 Å². The van der Waals surface area contributed by atoms with Crippen molar-refractivity contribution in [3.63, 3.8) is 0 Å². The molecule has 0 aromatic heterocycles. The lowest BCUT2D eigenvalue weighted by molar-refractivity contribution is -0.0420. The Morgan fingerprint density at radius 2 is 1.14 bits per heavy atom. The van der Waals surface area contributed by atoms with Crippen molar-refractivity contribution in [2.45, 2.75) is 5.64 Å². The Morgan fingerprint density at radius 3 is 1.14 bits per heavy atom. The maximum Gasteiger partial charge on any atom is 0.475 e. The van der Waals surface area contributed by atoms with Crippen molar-refractivity contribution in [2.24, 2.45) is 0 Å². The molecule has 0 fully saturated rings. The summed E-state index contributed by atoms with van der Waals surface area (Å²) in [7, 11) is 0.500. The Labute approximate surface area is 43.1 Å². The minimum Gasteiger partial charge on any atom is -0.255 e. The second-order valence-corrected chi connectivity index (χ2v) is 0.857. The van der Waals surface area contributed by atoms with Crippen LogP contribution < -0.4 is 0 Å². The second kappa shape index (κ2) is 4.18. The molecule has 0 radical (unpaired) electrons. The van der Waals surface area contributed by atoms with E-state index in [1.165, 1.54) is 0 Å². The van der Waals surface area contributed by atoms with Crippen LogP contribution in [0.2, 0.25) is 0 Å². The van der Waals surface area contributed by atoms with Crippen molar-refractivity contribution in [3.8, 4) is 0 Å². The van der Waals surface area contributed by atoms with Gasteiger partial charge in [0.05, 0.1) is 7.18 Å². The molecule has 0 bridgehead atoms. The molecule has 0 aliphatic rings. The van der Waals surface area contributed by atoms with Gasteiger partial charge >= 0.3 is 5.64 Å². The van der Waals surface area contributed by atoms with Crippen molar-refractivity contribution in [3.05, 3.63) is 0 Å². The minimum atomic E-state index is -4.53. The van der Waals surface area contributed by atoms with Gasteiger partial charge in [-0.1, -0.05) is 0 Å². The molecule has 46 valence electrons. The zero-order chi connectivity index (χ0) is 6.50. The highest BCUT2D eigenvalue weighted by Gasteiger charge is 2.20. The van der Waals surface area contributed by atoms with Crippen LogP contribution in [0.3, 0.4) is 0 Å². The topological polar surface area (TPSA) is 0 Å². The van der Waals surface area contributed by atoms with Crippen molar-refractivity contribution in [1.82, 2.24) is 0 Å². The summed E-state index contributed by atoms with van der Waals surface area (Å²) in [5.41, 5.74) is -4.53. The molecular weight excluding hydrogens is 135 g/mol. The van der Waals surface area contributed by atoms with E-state index in [0.29, 0.717) is 7.18 Å². The average Bonchev–Trinajstić information content (AvgIpc) is 1.36. The maximum absolute atomic E-state index is 10.1. The first-order valence-corrected chi connectivity index (χ1v) is 1.51. The summed E-state index contributed by atoms with van der Waals surface area (Å²) in [5.74, 6) is 0. The number of hydrogen-bond donors (Lipinski definition) is 0. The lowest BCUT2D eigenvalue weighted by Gasteiger charge is -1.84. The first-order chi connectivity index (χ1) is 3.00. The summed E-state index contributed by atoms with van der Waals surface area (Å²) in [4.78, 5) is 0. The van der Waals surface area contributed by atoms with E-state index in [0.717, 1.165) is 0 Å². The lowest BCUT2D eigenvalue weighted by Crippen LogP contribution is -1.89. The van der Waals surface area contributed by atoms with Gasteiger partial charge < -0.3 is 0 Å². The van der Waals surface area contributed by atoms with Crippen LogP contribution in [-0.4, -0.2) is 12.8 Å². The molecule has 0 aliphatic carbocycles. The first-order valence-electron chi connectivity index (χ1n) is 1.13. The SMILES string of the molecule is CF.FC(F)(F)Cl. The summed E-state index contributed by atoms with van der Waals surface area (Å²) in [6.45, 7) is 0. The molecule has 5 heteroatoms. The second-order valence-electron chi connectivity index (χ2n) is 0.429. The van der Waals surface area contributed by atoms with Crippen molar-refractivity contribution < 1.29 is 17.6 Å². The predicted molar refractivity (Wildman–Crippen MR) is 18.9 cm³/mol. The van der Waals surface area contributed by atoms with E-state index in [1.54, 1.807) is 0 Å². The van der Waals surface area contributed by atoms with E-state index in [-0.39, 0.29) is 0 Å². The normalized spacial score (nSPS) is 9.43. The summed E-state index contributed by atoms with van der Waals surface area (Å²) in [6.07, 6.45) is 0. The van der Waals surface area contributed by atoms with Gasteiger partial charge in [0.1, 0.15) is 0 Å². The van der Waals surface area contributed by atoms with Gasteiger partial charge in [-0.15, -0.1) is 0 Å². The third-order valence-corrected chi connectivity index (χ3v) is 0. The minimum absolute atomic E-state index is 0.500. The van der Waals surface area contributed by atoms with E-state index in [1.807, 2.05) is 0 Å². The zero-order valence-corrected chi connectivity index (χ0v) is 4.15. The molecule has 0 unspecified atom stereocenters. The van der Waals surface area contributed by atoms with E-state index in [4.69, 9.17) is 0 Å². The summed E-state index contributed by atoms with van der Waals surface area (Å²) >= 11 is 3.53. The summed E-state index contributed by atoms with van der Waals surface area (Å²) in [6, 6.07) is 0. The quantitative estimate of drug-likeness (QED) is 0.356. The van der Waals surface area contributed by atoms with E-state index in [2.05, 4.69) is 11.6 Å². The van der Waals surface area contributed by atoms with Crippen LogP contribution in [0.4, 0.5) is 17.6 Å². The monoisotopic (exact) mass is 138 g/mol. The zero-order valence-electron chi connectivity index (χ0n) is 3.39. The molecule has 0 saturated heterocycles. The molecule has 0 spiro atoms. The van der Waals surface area contributed by atoms with Crippen molar-refractivity contribution in [1.29, 1.82) is 0 Å². The maximum atomic E-state index is 10.1. The standard InChI is InChI=1S/CClF3.CH3F/c2-1(3,4)5;1-2/h;1H3. The van der Waals surface area contributed by atoms with Gasteiger partial charge in [0.15, 0.2) is 0 Å². The molecule has 0 heterocycles. The van der Waals surface area contributed by atoms with Gasteiger partial charge in [-0.05, 0) is 11.6 Å². The molecule has 0 nitrogen and oxygen atoms in total. The fourth-order valence-electron chi connectivity index (χ4n) is 0. The molecule has 0 aromatic rings. The Hall–Kier alpha value is 0.01000. The van der Waals surface area contributed by atoms with Crippen LogP contribution in [0.25, 0.3) is 0 Å². The van der Waals surface area contributed by atoms with Crippen LogP contribution in [0.1, 0.15) is 0 Å². The van der Waals surface area contributed by atoms with Crippen LogP contribution in [0, 0.1) is 0 Å². The van der Waals surface area contributed by atoms with Gasteiger partial charge in [-0.3, -0.25) is 4.39 Å². The van der Waals surface area contributed by atoms with Crippen LogP contribution in [0.15, 0.2) is 0 Å². The van der Waals surface area contributed by atoms with Gasteiger partial charge in [0.2, 0.25) is 0 Å². The summed E-state index contributed by atoms with van der Waals surface area (Å²) < 4.78 is 39.9. The smallest absolute Gasteiger partial charge is 0.255 e. The molecule has 0 aliphatic heterocycles. The Bertz CT molecular complexity index is 25.2. The first kappa shape index (κ1) is 10.1. The van der Waals surface area contributed by atoms with Crippen LogP contribution in [0.5, 0.6) is 0 Å². The summed E-state index contributed by atoms with van der Waals surface area (Å²) in [5, 5.41) is 0.